The second-order valence-corrected chi connectivity index (χ2v) is 8.31. The highest BCUT2D eigenvalue weighted by molar-refractivity contribution is 9.10. The van der Waals surface area contributed by atoms with Gasteiger partial charge in [0, 0.05) is 33.6 Å². The molecule has 0 spiro atoms. The average molecular weight is 498 g/mol. The molecule has 1 N–H and O–H groups in total. The minimum Gasteiger partial charge on any atom is -0.394 e. The number of aliphatic hydroxyl groups is 1. The molecule has 0 fully saturated rings. The number of hydrogen-bond donors (Lipinski definition) is 1. The van der Waals surface area contributed by atoms with Gasteiger partial charge in [-0.3, -0.25) is 4.79 Å². The minimum atomic E-state index is -0.521. The predicted octanol–water partition coefficient (Wildman–Crippen LogP) is 5.17. The van der Waals surface area contributed by atoms with Crippen molar-refractivity contribution in [3.63, 3.8) is 0 Å². The van der Waals surface area contributed by atoms with Gasteiger partial charge in [0.1, 0.15) is 12.1 Å². The zero-order chi connectivity index (χ0) is 21.7. The summed E-state index contributed by atoms with van der Waals surface area (Å²) in [6, 6.07) is 7.04. The van der Waals surface area contributed by atoms with Gasteiger partial charge in [0.25, 0.3) is 0 Å². The predicted molar refractivity (Wildman–Crippen MR) is 119 cm³/mol. The maximum atomic E-state index is 15.5. The molecule has 0 radical (unpaired) electrons. The van der Waals surface area contributed by atoms with Gasteiger partial charge >= 0.3 is 0 Å². The molecule has 160 valence electrons. The number of ether oxygens (including phenoxy) is 1. The van der Waals surface area contributed by atoms with E-state index in [2.05, 4.69) is 27.8 Å². The fourth-order valence-electron chi connectivity index (χ4n) is 3.29. The van der Waals surface area contributed by atoms with Gasteiger partial charge in [-0.1, -0.05) is 46.9 Å². The lowest BCUT2D eigenvalue weighted by Gasteiger charge is -2.13. The van der Waals surface area contributed by atoms with Crippen LogP contribution in [0.5, 0.6) is 0 Å². The van der Waals surface area contributed by atoms with Gasteiger partial charge in [-0.05, 0) is 30.2 Å². The number of benzene rings is 2. The summed E-state index contributed by atoms with van der Waals surface area (Å²) in [5.41, 5.74) is 2.01. The Hall–Kier alpha value is -1.80. The number of carbonyl (C=O) groups excluding carboxylic acids is 1. The van der Waals surface area contributed by atoms with E-state index in [0.29, 0.717) is 22.6 Å². The lowest BCUT2D eigenvalue weighted by atomic mass is 9.95. The molecule has 5 nitrogen and oxygen atoms in total. The van der Waals surface area contributed by atoms with Crippen LogP contribution in [0.3, 0.4) is 0 Å². The number of rotatable bonds is 10. The van der Waals surface area contributed by atoms with Crippen molar-refractivity contribution in [2.24, 2.45) is 0 Å². The molecule has 1 heterocycles. The second-order valence-electron chi connectivity index (χ2n) is 6.99. The van der Waals surface area contributed by atoms with E-state index in [9.17, 15) is 4.79 Å². The van der Waals surface area contributed by atoms with Gasteiger partial charge in [0.15, 0.2) is 11.6 Å². The molecule has 3 rings (SSSR count). The third kappa shape index (κ3) is 5.09. The summed E-state index contributed by atoms with van der Waals surface area (Å²) in [7, 11) is 0. The van der Waals surface area contributed by atoms with Crippen molar-refractivity contribution >= 4 is 44.3 Å². The van der Waals surface area contributed by atoms with Crippen LogP contribution in [0.2, 0.25) is 5.02 Å². The smallest absolute Gasteiger partial charge is 0.188 e. The Labute approximate surface area is 187 Å². The first kappa shape index (κ1) is 22.9. The van der Waals surface area contributed by atoms with E-state index in [4.69, 9.17) is 21.4 Å². The molecule has 0 saturated heterocycles. The molecule has 1 aromatic heterocycles. The van der Waals surface area contributed by atoms with Crippen molar-refractivity contribution in [2.45, 2.75) is 32.7 Å². The zero-order valence-corrected chi connectivity index (χ0v) is 19.0. The number of Topliss-reactive ketones (excluding diaryl/α,β-unsaturated/α-hetero) is 1. The number of carbonyl (C=O) groups is 1. The first-order valence-electron chi connectivity index (χ1n) is 9.78. The van der Waals surface area contributed by atoms with Gasteiger partial charge in [0.05, 0.1) is 25.1 Å². The molecule has 8 heteroatoms. The topological polar surface area (TPSA) is 64.4 Å². The monoisotopic (exact) mass is 496 g/mol. The molecule has 30 heavy (non-hydrogen) atoms. The molecule has 0 amide bonds. The first-order chi connectivity index (χ1) is 14.5. The third-order valence-corrected chi connectivity index (χ3v) is 5.71. The standard InChI is InChI=1S/C22H23BrClFN2O3/c1-2-3-6-27-13-26-22-19(27)11-16(20(29)12-30-8-7-28)17(21(22)25)9-14-4-5-15(23)10-18(14)24/h4-5,10-11,13,28H,2-3,6-9,12H2,1H3. The summed E-state index contributed by atoms with van der Waals surface area (Å²) in [6.07, 6.45) is 3.67. The maximum absolute atomic E-state index is 15.5. The molecule has 3 aromatic rings. The lowest BCUT2D eigenvalue weighted by Crippen LogP contribution is -2.15. The van der Waals surface area contributed by atoms with Crippen molar-refractivity contribution in [1.29, 1.82) is 0 Å². The number of imidazole rings is 1. The Morgan fingerprint density at radius 3 is 2.87 bits per heavy atom. The van der Waals surface area contributed by atoms with Gasteiger partial charge in [-0.15, -0.1) is 0 Å². The molecule has 0 unspecified atom stereocenters. The van der Waals surface area contributed by atoms with E-state index >= 15 is 4.39 Å². The fraction of sp³-hybridized carbons (Fsp3) is 0.364. The van der Waals surface area contributed by atoms with E-state index in [-0.39, 0.29) is 48.7 Å². The fourth-order valence-corrected chi connectivity index (χ4v) is 4.03. The van der Waals surface area contributed by atoms with E-state index in [1.807, 2.05) is 10.6 Å². The van der Waals surface area contributed by atoms with Crippen LogP contribution < -0.4 is 0 Å². The Balaban J connectivity index is 2.09. The van der Waals surface area contributed by atoms with Gasteiger partial charge in [-0.25, -0.2) is 9.37 Å². The number of ketones is 1. The number of aryl methyl sites for hydroxylation is 1. The normalized spacial score (nSPS) is 11.4. The molecular weight excluding hydrogens is 475 g/mol. The molecular formula is C22H23BrClFN2O3. The summed E-state index contributed by atoms with van der Waals surface area (Å²) in [5, 5.41) is 9.38. The van der Waals surface area contributed by atoms with Crippen LogP contribution in [0.4, 0.5) is 4.39 Å². The molecule has 0 aliphatic rings. The van der Waals surface area contributed by atoms with Crippen LogP contribution >= 0.6 is 27.5 Å². The molecule has 0 aliphatic heterocycles. The highest BCUT2D eigenvalue weighted by Gasteiger charge is 2.22. The zero-order valence-electron chi connectivity index (χ0n) is 16.6. The van der Waals surface area contributed by atoms with Crippen LogP contribution in [0.15, 0.2) is 35.1 Å². The third-order valence-electron chi connectivity index (χ3n) is 4.86. The van der Waals surface area contributed by atoms with Gasteiger partial charge in [-0.2, -0.15) is 0 Å². The number of hydrogen-bond acceptors (Lipinski definition) is 4. The van der Waals surface area contributed by atoms with E-state index in [1.54, 1.807) is 24.5 Å². The van der Waals surface area contributed by atoms with Gasteiger partial charge in [0.2, 0.25) is 0 Å². The average Bonchev–Trinajstić information content (AvgIpc) is 3.13. The van der Waals surface area contributed by atoms with Crippen molar-refractivity contribution in [1.82, 2.24) is 9.55 Å². The Kier molecular flexibility index (Phi) is 7.99. The molecule has 0 aliphatic carbocycles. The Bertz CT molecular complexity index is 1050. The molecule has 0 bridgehead atoms. The van der Waals surface area contributed by atoms with E-state index in [1.165, 1.54) is 0 Å². The highest BCUT2D eigenvalue weighted by atomic mass is 79.9. The number of aliphatic hydroxyl groups excluding tert-OH is 1. The largest absolute Gasteiger partial charge is 0.394 e. The number of aromatic nitrogens is 2. The lowest BCUT2D eigenvalue weighted by molar-refractivity contribution is 0.0663. The summed E-state index contributed by atoms with van der Waals surface area (Å²) in [6.45, 7) is 2.38. The molecule has 0 atom stereocenters. The van der Waals surface area contributed by atoms with Crippen molar-refractivity contribution in [2.75, 3.05) is 19.8 Å². The van der Waals surface area contributed by atoms with Crippen molar-refractivity contribution < 1.29 is 19.0 Å². The number of fused-ring (bicyclic) bond motifs is 1. The summed E-state index contributed by atoms with van der Waals surface area (Å²) >= 11 is 9.70. The summed E-state index contributed by atoms with van der Waals surface area (Å²) in [4.78, 5) is 17.1. The minimum absolute atomic E-state index is 0.0404. The number of halogens is 3. The van der Waals surface area contributed by atoms with Crippen LogP contribution in [0, 0.1) is 5.82 Å². The molecule has 0 saturated carbocycles. The van der Waals surface area contributed by atoms with Crippen LogP contribution in [0.25, 0.3) is 11.0 Å². The van der Waals surface area contributed by atoms with E-state index < -0.39 is 5.82 Å². The number of unbranched alkanes of at least 4 members (excludes halogenated alkanes) is 1. The summed E-state index contributed by atoms with van der Waals surface area (Å²) < 4.78 is 23.4. The number of nitrogens with zero attached hydrogens (tertiary/aromatic N) is 2. The van der Waals surface area contributed by atoms with Gasteiger partial charge < -0.3 is 14.4 Å². The highest BCUT2D eigenvalue weighted by Crippen LogP contribution is 2.30. The van der Waals surface area contributed by atoms with E-state index in [0.717, 1.165) is 17.3 Å². The SMILES string of the molecule is CCCCn1cnc2c(F)c(Cc3ccc(Br)cc3Cl)c(C(=O)COCCO)cc21. The maximum Gasteiger partial charge on any atom is 0.188 e. The quantitative estimate of drug-likeness (QED) is 0.310. The summed E-state index contributed by atoms with van der Waals surface area (Å²) in [5.74, 6) is -0.872. The van der Waals surface area contributed by atoms with Crippen molar-refractivity contribution in [3.05, 3.63) is 62.6 Å². The molecule has 2 aromatic carbocycles. The van der Waals surface area contributed by atoms with Crippen LogP contribution in [-0.4, -0.2) is 40.3 Å². The Morgan fingerprint density at radius 2 is 2.17 bits per heavy atom. The first-order valence-corrected chi connectivity index (χ1v) is 10.9. The Morgan fingerprint density at radius 1 is 1.37 bits per heavy atom. The second kappa shape index (κ2) is 10.5. The van der Waals surface area contributed by atoms with Crippen molar-refractivity contribution in [3.8, 4) is 0 Å². The van der Waals surface area contributed by atoms with Crippen LogP contribution in [-0.2, 0) is 17.7 Å². The van der Waals surface area contributed by atoms with Crippen LogP contribution in [0.1, 0.15) is 41.3 Å².